The second-order valence-electron chi connectivity index (χ2n) is 5.90. The Labute approximate surface area is 136 Å². The molecule has 120 valence electrons. The van der Waals surface area contributed by atoms with Crippen molar-refractivity contribution in [1.29, 1.82) is 0 Å². The number of nitrogens with one attached hydrogen (secondary N) is 1. The molecule has 0 aliphatic rings. The van der Waals surface area contributed by atoms with E-state index in [0.717, 1.165) is 23.3 Å². The van der Waals surface area contributed by atoms with Gasteiger partial charge in [-0.2, -0.15) is 0 Å². The van der Waals surface area contributed by atoms with E-state index in [9.17, 15) is 4.79 Å². The third kappa shape index (κ3) is 3.02. The lowest BCUT2D eigenvalue weighted by Gasteiger charge is -2.12. The molecule has 23 heavy (non-hydrogen) atoms. The van der Waals surface area contributed by atoms with E-state index in [4.69, 9.17) is 4.42 Å². The maximum absolute atomic E-state index is 12.5. The molecule has 0 aliphatic carbocycles. The highest BCUT2D eigenvalue weighted by Crippen LogP contribution is 2.25. The minimum Gasteiger partial charge on any atom is -0.460 e. The van der Waals surface area contributed by atoms with E-state index < -0.39 is 0 Å². The van der Waals surface area contributed by atoms with Crippen LogP contribution in [-0.4, -0.2) is 17.0 Å². The van der Waals surface area contributed by atoms with Gasteiger partial charge in [-0.3, -0.25) is 4.79 Å². The Morgan fingerprint density at radius 3 is 2.74 bits per heavy atom. The van der Waals surface area contributed by atoms with Crippen LogP contribution in [0.15, 0.2) is 40.8 Å². The van der Waals surface area contributed by atoms with Crippen molar-refractivity contribution in [2.75, 3.05) is 6.54 Å². The highest BCUT2D eigenvalue weighted by atomic mass is 16.3. The van der Waals surface area contributed by atoms with Crippen molar-refractivity contribution in [2.45, 2.75) is 33.7 Å². The smallest absolute Gasteiger partial charge is 0.268 e. The van der Waals surface area contributed by atoms with Crippen LogP contribution in [0.3, 0.4) is 0 Å². The van der Waals surface area contributed by atoms with Crippen LogP contribution in [0, 0.1) is 13.8 Å². The molecule has 0 saturated carbocycles. The van der Waals surface area contributed by atoms with Crippen molar-refractivity contribution >= 4 is 17.0 Å². The Balaban J connectivity index is 2.04. The minimum absolute atomic E-state index is 0.0514. The Kier molecular flexibility index (Phi) is 4.24. The van der Waals surface area contributed by atoms with Gasteiger partial charge in [0.2, 0.25) is 0 Å². The van der Waals surface area contributed by atoms with Gasteiger partial charge in [-0.25, -0.2) is 0 Å². The molecule has 2 heterocycles. The number of carbonyl (C=O) groups is 1. The van der Waals surface area contributed by atoms with Crippen LogP contribution in [0.25, 0.3) is 11.1 Å². The topological polar surface area (TPSA) is 47.2 Å². The van der Waals surface area contributed by atoms with Crippen molar-refractivity contribution in [1.82, 2.24) is 9.88 Å². The number of aryl methyl sites for hydroxylation is 2. The monoisotopic (exact) mass is 310 g/mol. The van der Waals surface area contributed by atoms with Gasteiger partial charge in [-0.05, 0) is 31.4 Å². The third-order valence-corrected chi connectivity index (χ3v) is 4.07. The first-order valence-electron chi connectivity index (χ1n) is 8.02. The number of furan rings is 1. The summed E-state index contributed by atoms with van der Waals surface area (Å²) in [5.41, 5.74) is 4.79. The third-order valence-electron chi connectivity index (χ3n) is 4.07. The zero-order valence-corrected chi connectivity index (χ0v) is 13.8. The molecule has 0 fully saturated rings. The second-order valence-corrected chi connectivity index (χ2v) is 5.90. The summed E-state index contributed by atoms with van der Waals surface area (Å²) in [7, 11) is 0. The summed E-state index contributed by atoms with van der Waals surface area (Å²) in [5.74, 6) is 0.804. The molecule has 4 nitrogen and oxygen atoms in total. The molecular weight excluding hydrogens is 288 g/mol. The Morgan fingerprint density at radius 1 is 1.22 bits per heavy atom. The zero-order chi connectivity index (χ0) is 16.4. The lowest BCUT2D eigenvalue weighted by molar-refractivity contribution is 0.0945. The predicted molar refractivity (Wildman–Crippen MR) is 91.8 cm³/mol. The summed E-state index contributed by atoms with van der Waals surface area (Å²) < 4.78 is 7.75. The lowest BCUT2D eigenvalue weighted by atomic mass is 10.1. The van der Waals surface area contributed by atoms with E-state index in [0.29, 0.717) is 18.8 Å². The van der Waals surface area contributed by atoms with E-state index >= 15 is 0 Å². The molecule has 0 radical (unpaired) electrons. The van der Waals surface area contributed by atoms with Crippen LogP contribution in [-0.2, 0) is 6.54 Å². The lowest BCUT2D eigenvalue weighted by Crippen LogP contribution is -2.26. The van der Waals surface area contributed by atoms with Crippen LogP contribution in [0.1, 0.15) is 40.7 Å². The van der Waals surface area contributed by atoms with Crippen LogP contribution in [0.4, 0.5) is 0 Å². The van der Waals surface area contributed by atoms with Gasteiger partial charge in [0.05, 0.1) is 5.52 Å². The molecule has 0 unspecified atom stereocenters. The summed E-state index contributed by atoms with van der Waals surface area (Å²) in [5, 5.41) is 2.95. The van der Waals surface area contributed by atoms with E-state index in [2.05, 4.69) is 24.4 Å². The van der Waals surface area contributed by atoms with Gasteiger partial charge in [0, 0.05) is 25.2 Å². The first-order valence-corrected chi connectivity index (χ1v) is 8.02. The fourth-order valence-electron chi connectivity index (χ4n) is 2.81. The molecule has 0 aliphatic heterocycles. The van der Waals surface area contributed by atoms with Gasteiger partial charge in [-0.1, -0.05) is 31.2 Å². The highest BCUT2D eigenvalue weighted by Gasteiger charge is 2.18. The van der Waals surface area contributed by atoms with Gasteiger partial charge in [0.25, 0.3) is 5.91 Å². The second kappa shape index (κ2) is 6.32. The summed E-state index contributed by atoms with van der Waals surface area (Å²) in [6.45, 7) is 7.39. The summed E-state index contributed by atoms with van der Waals surface area (Å²) in [6, 6.07) is 12.1. The first kappa shape index (κ1) is 15.4. The summed E-state index contributed by atoms with van der Waals surface area (Å²) in [4.78, 5) is 12.5. The number of benzene rings is 1. The largest absolute Gasteiger partial charge is 0.460 e. The molecule has 2 aromatic heterocycles. The average molecular weight is 310 g/mol. The minimum atomic E-state index is -0.0514. The maximum Gasteiger partial charge on any atom is 0.268 e. The number of carbonyl (C=O) groups excluding carboxylic acids is 1. The molecular formula is C19H22N2O2. The van der Waals surface area contributed by atoms with Crippen molar-refractivity contribution < 1.29 is 9.21 Å². The standard InChI is InChI=1S/C19H22N2O2/c1-4-9-20-19(22)17-11-18-16(10-14(3)23-18)21(17)12-15-8-6-5-7-13(15)2/h5-8,10-11H,4,9,12H2,1-3H3,(H,20,22). The number of rotatable bonds is 5. The molecule has 1 amide bonds. The van der Waals surface area contributed by atoms with Crippen molar-refractivity contribution in [3.05, 3.63) is 59.0 Å². The average Bonchev–Trinajstić information content (AvgIpc) is 3.04. The molecule has 0 bridgehead atoms. The predicted octanol–water partition coefficient (Wildman–Crippen LogP) is 4.04. The number of aromatic nitrogens is 1. The maximum atomic E-state index is 12.5. The van der Waals surface area contributed by atoms with Gasteiger partial charge in [-0.15, -0.1) is 0 Å². The number of hydrogen-bond acceptors (Lipinski definition) is 2. The normalized spacial score (nSPS) is 11.1. The van der Waals surface area contributed by atoms with Crippen LogP contribution in [0.2, 0.25) is 0 Å². The zero-order valence-electron chi connectivity index (χ0n) is 13.8. The van der Waals surface area contributed by atoms with E-state index in [1.54, 1.807) is 0 Å². The Morgan fingerprint density at radius 2 is 2.00 bits per heavy atom. The molecule has 1 N–H and O–H groups in total. The Hall–Kier alpha value is -2.49. The number of fused-ring (bicyclic) bond motifs is 1. The fourth-order valence-corrected chi connectivity index (χ4v) is 2.81. The molecule has 0 spiro atoms. The van der Waals surface area contributed by atoms with Gasteiger partial charge in [0.15, 0.2) is 5.58 Å². The molecule has 0 atom stereocenters. The van der Waals surface area contributed by atoms with Gasteiger partial charge >= 0.3 is 0 Å². The first-order chi connectivity index (χ1) is 11.1. The van der Waals surface area contributed by atoms with Crippen molar-refractivity contribution in [3.63, 3.8) is 0 Å². The van der Waals surface area contributed by atoms with Gasteiger partial charge < -0.3 is 14.3 Å². The van der Waals surface area contributed by atoms with Crippen LogP contribution >= 0.6 is 0 Å². The van der Waals surface area contributed by atoms with Crippen molar-refractivity contribution in [3.8, 4) is 0 Å². The highest BCUT2D eigenvalue weighted by molar-refractivity contribution is 5.97. The molecule has 3 rings (SSSR count). The van der Waals surface area contributed by atoms with Gasteiger partial charge in [0.1, 0.15) is 11.5 Å². The summed E-state index contributed by atoms with van der Waals surface area (Å²) >= 11 is 0. The van der Waals surface area contributed by atoms with Crippen molar-refractivity contribution in [2.24, 2.45) is 0 Å². The van der Waals surface area contributed by atoms with Crippen LogP contribution in [0.5, 0.6) is 0 Å². The quantitative estimate of drug-likeness (QED) is 0.773. The van der Waals surface area contributed by atoms with E-state index in [1.165, 1.54) is 11.1 Å². The summed E-state index contributed by atoms with van der Waals surface area (Å²) in [6.07, 6.45) is 0.916. The number of nitrogens with zero attached hydrogens (tertiary/aromatic N) is 1. The fraction of sp³-hybridized carbons (Fsp3) is 0.316. The molecule has 3 aromatic rings. The van der Waals surface area contributed by atoms with E-state index in [1.807, 2.05) is 42.7 Å². The number of amides is 1. The Bertz CT molecular complexity index is 842. The van der Waals surface area contributed by atoms with Crippen LogP contribution < -0.4 is 5.32 Å². The number of hydrogen-bond donors (Lipinski definition) is 1. The molecule has 1 aromatic carbocycles. The van der Waals surface area contributed by atoms with E-state index in [-0.39, 0.29) is 5.91 Å². The molecule has 4 heteroatoms. The molecule has 0 saturated heterocycles. The SMILES string of the molecule is CCCNC(=O)c1cc2oc(C)cc2n1Cc1ccccc1C.